The van der Waals surface area contributed by atoms with Crippen molar-refractivity contribution in [2.45, 2.75) is 0 Å². The summed E-state index contributed by atoms with van der Waals surface area (Å²) < 4.78 is 5.63. The van der Waals surface area contributed by atoms with Gasteiger partial charge in [0.2, 0.25) is 0 Å². The number of nitrogens with zero attached hydrogens (tertiary/aromatic N) is 1. The topological polar surface area (TPSA) is 41.6 Å². The van der Waals surface area contributed by atoms with E-state index in [1.807, 2.05) is 43.4 Å². The summed E-state index contributed by atoms with van der Waals surface area (Å²) in [6, 6.07) is 14.9. The lowest BCUT2D eigenvalue weighted by molar-refractivity contribution is 0.102. The third-order valence-electron chi connectivity index (χ3n) is 3.35. The fourth-order valence-electron chi connectivity index (χ4n) is 2.23. The molecule has 0 fully saturated rings. The lowest BCUT2D eigenvalue weighted by Gasteiger charge is -2.27. The van der Waals surface area contributed by atoms with Crippen LogP contribution in [0.5, 0.6) is 5.75 Å². The second-order valence-electron chi connectivity index (χ2n) is 4.77. The quantitative estimate of drug-likeness (QED) is 0.910. The number of hydrogen-bond donors (Lipinski definition) is 1. The van der Waals surface area contributed by atoms with Gasteiger partial charge >= 0.3 is 0 Å². The summed E-state index contributed by atoms with van der Waals surface area (Å²) in [6.07, 6.45) is 0. The first-order valence-corrected chi connectivity index (χ1v) is 6.58. The maximum absolute atomic E-state index is 12.1. The van der Waals surface area contributed by atoms with Crippen LogP contribution in [0.15, 0.2) is 48.5 Å². The second-order valence-corrected chi connectivity index (χ2v) is 4.77. The van der Waals surface area contributed by atoms with Gasteiger partial charge < -0.3 is 15.0 Å². The van der Waals surface area contributed by atoms with Crippen molar-refractivity contribution in [2.75, 3.05) is 30.4 Å². The molecule has 0 unspecified atom stereocenters. The van der Waals surface area contributed by atoms with Crippen LogP contribution in [0.25, 0.3) is 0 Å². The molecule has 102 valence electrons. The highest BCUT2D eigenvalue weighted by Crippen LogP contribution is 2.33. The molecule has 4 heteroatoms. The van der Waals surface area contributed by atoms with E-state index in [0.717, 1.165) is 23.7 Å². The highest BCUT2D eigenvalue weighted by molar-refractivity contribution is 6.04. The van der Waals surface area contributed by atoms with E-state index in [9.17, 15) is 4.79 Å². The van der Waals surface area contributed by atoms with Crippen molar-refractivity contribution in [2.24, 2.45) is 0 Å². The van der Waals surface area contributed by atoms with E-state index in [1.165, 1.54) is 0 Å². The number of amides is 1. The van der Waals surface area contributed by atoms with E-state index < -0.39 is 0 Å². The molecule has 2 aromatic rings. The van der Waals surface area contributed by atoms with Crippen LogP contribution in [0.1, 0.15) is 10.4 Å². The van der Waals surface area contributed by atoms with Crippen molar-refractivity contribution in [3.8, 4) is 5.75 Å². The van der Waals surface area contributed by atoms with E-state index >= 15 is 0 Å². The molecule has 0 bridgehead atoms. The number of benzene rings is 2. The Morgan fingerprint density at radius 3 is 2.80 bits per heavy atom. The van der Waals surface area contributed by atoms with Crippen LogP contribution >= 0.6 is 0 Å². The first-order chi connectivity index (χ1) is 9.74. The lowest BCUT2D eigenvalue weighted by atomic mass is 10.2. The molecular formula is C16H16N2O2. The van der Waals surface area contributed by atoms with Gasteiger partial charge in [0.25, 0.3) is 5.91 Å². The summed E-state index contributed by atoms with van der Waals surface area (Å²) in [7, 11) is 2.03. The number of carbonyl (C=O) groups is 1. The third-order valence-corrected chi connectivity index (χ3v) is 3.35. The minimum absolute atomic E-state index is 0.116. The number of rotatable bonds is 2. The molecule has 1 aliphatic heterocycles. The molecule has 20 heavy (non-hydrogen) atoms. The van der Waals surface area contributed by atoms with Crippen molar-refractivity contribution in [1.82, 2.24) is 0 Å². The molecule has 0 atom stereocenters. The van der Waals surface area contributed by atoms with Crippen LogP contribution in [-0.4, -0.2) is 26.1 Å². The van der Waals surface area contributed by atoms with Gasteiger partial charge in [-0.25, -0.2) is 0 Å². The molecule has 0 saturated heterocycles. The average molecular weight is 268 g/mol. The van der Waals surface area contributed by atoms with Crippen molar-refractivity contribution in [3.05, 3.63) is 54.1 Å². The molecule has 1 heterocycles. The Bertz CT molecular complexity index is 626. The van der Waals surface area contributed by atoms with E-state index in [-0.39, 0.29) is 5.91 Å². The molecule has 0 radical (unpaired) electrons. The molecule has 0 spiro atoms. The molecule has 1 N–H and O–H groups in total. The summed E-state index contributed by atoms with van der Waals surface area (Å²) in [5, 5.41) is 2.89. The van der Waals surface area contributed by atoms with Crippen LogP contribution in [-0.2, 0) is 0 Å². The van der Waals surface area contributed by atoms with Gasteiger partial charge in [-0.15, -0.1) is 0 Å². The van der Waals surface area contributed by atoms with Crippen LogP contribution in [0.4, 0.5) is 11.4 Å². The largest absolute Gasteiger partial charge is 0.489 e. The normalized spacial score (nSPS) is 13.3. The van der Waals surface area contributed by atoms with Gasteiger partial charge in [-0.2, -0.15) is 0 Å². The Hall–Kier alpha value is -2.49. The van der Waals surface area contributed by atoms with E-state index in [1.54, 1.807) is 12.1 Å². The minimum atomic E-state index is -0.116. The predicted molar refractivity (Wildman–Crippen MR) is 79.6 cm³/mol. The summed E-state index contributed by atoms with van der Waals surface area (Å²) in [5.41, 5.74) is 2.44. The number of nitrogens with one attached hydrogen (secondary N) is 1. The highest BCUT2D eigenvalue weighted by Gasteiger charge is 2.15. The Kier molecular flexibility index (Phi) is 3.29. The predicted octanol–water partition coefficient (Wildman–Crippen LogP) is 2.77. The third kappa shape index (κ3) is 2.45. The van der Waals surface area contributed by atoms with Gasteiger partial charge in [-0.3, -0.25) is 4.79 Å². The fourth-order valence-corrected chi connectivity index (χ4v) is 2.23. The fraction of sp³-hybridized carbons (Fsp3) is 0.188. The van der Waals surface area contributed by atoms with Crippen molar-refractivity contribution < 1.29 is 9.53 Å². The minimum Gasteiger partial charge on any atom is -0.489 e. The average Bonchev–Trinajstić information content (AvgIpc) is 2.48. The molecule has 3 rings (SSSR count). The SMILES string of the molecule is CN1CCOc2cc(NC(=O)c3ccccc3)ccc21. The van der Waals surface area contributed by atoms with Gasteiger partial charge in [0.15, 0.2) is 0 Å². The first-order valence-electron chi connectivity index (χ1n) is 6.58. The Morgan fingerprint density at radius 1 is 1.20 bits per heavy atom. The van der Waals surface area contributed by atoms with E-state index in [2.05, 4.69) is 10.2 Å². The van der Waals surface area contributed by atoms with Crippen LogP contribution in [0, 0.1) is 0 Å². The zero-order valence-corrected chi connectivity index (χ0v) is 11.3. The Labute approximate surface area is 118 Å². The molecule has 0 saturated carbocycles. The van der Waals surface area contributed by atoms with Gasteiger partial charge in [-0.1, -0.05) is 18.2 Å². The monoisotopic (exact) mass is 268 g/mol. The lowest BCUT2D eigenvalue weighted by Crippen LogP contribution is -2.28. The van der Waals surface area contributed by atoms with Crippen molar-refractivity contribution >= 4 is 17.3 Å². The molecule has 2 aromatic carbocycles. The smallest absolute Gasteiger partial charge is 0.255 e. The highest BCUT2D eigenvalue weighted by atomic mass is 16.5. The van der Waals surface area contributed by atoms with Gasteiger partial charge in [0, 0.05) is 24.4 Å². The van der Waals surface area contributed by atoms with E-state index in [0.29, 0.717) is 12.2 Å². The summed E-state index contributed by atoms with van der Waals surface area (Å²) in [5.74, 6) is 0.694. The van der Waals surface area contributed by atoms with Crippen molar-refractivity contribution in [1.29, 1.82) is 0 Å². The van der Waals surface area contributed by atoms with Crippen LogP contribution < -0.4 is 15.0 Å². The first kappa shape index (κ1) is 12.5. The molecule has 4 nitrogen and oxygen atoms in total. The van der Waals surface area contributed by atoms with Gasteiger partial charge in [-0.05, 0) is 24.3 Å². The summed E-state index contributed by atoms with van der Waals surface area (Å²) >= 11 is 0. The maximum Gasteiger partial charge on any atom is 0.255 e. The standard InChI is InChI=1S/C16H16N2O2/c1-18-9-10-20-15-11-13(7-8-14(15)18)17-16(19)12-5-3-2-4-6-12/h2-8,11H,9-10H2,1H3,(H,17,19). The molecule has 1 amide bonds. The Balaban J connectivity index is 1.80. The second kappa shape index (κ2) is 5.25. The maximum atomic E-state index is 12.1. The van der Waals surface area contributed by atoms with E-state index in [4.69, 9.17) is 4.74 Å². The molecule has 0 aliphatic carbocycles. The number of ether oxygens (including phenoxy) is 1. The number of hydrogen-bond acceptors (Lipinski definition) is 3. The number of fused-ring (bicyclic) bond motifs is 1. The van der Waals surface area contributed by atoms with Crippen LogP contribution in [0.3, 0.4) is 0 Å². The number of likely N-dealkylation sites (N-methyl/N-ethyl adjacent to an activating group) is 1. The number of anilines is 2. The molecule has 0 aromatic heterocycles. The number of carbonyl (C=O) groups excluding carboxylic acids is 1. The van der Waals surface area contributed by atoms with Gasteiger partial charge in [0.05, 0.1) is 12.2 Å². The van der Waals surface area contributed by atoms with Crippen molar-refractivity contribution in [3.63, 3.8) is 0 Å². The zero-order chi connectivity index (χ0) is 13.9. The summed E-state index contributed by atoms with van der Waals surface area (Å²) in [4.78, 5) is 14.2. The van der Waals surface area contributed by atoms with Gasteiger partial charge in [0.1, 0.15) is 12.4 Å². The summed E-state index contributed by atoms with van der Waals surface area (Å²) in [6.45, 7) is 1.54. The molecule has 1 aliphatic rings. The Morgan fingerprint density at radius 2 is 2.00 bits per heavy atom. The zero-order valence-electron chi connectivity index (χ0n) is 11.3. The van der Waals surface area contributed by atoms with Crippen LogP contribution in [0.2, 0.25) is 0 Å². The molecular weight excluding hydrogens is 252 g/mol.